The Kier molecular flexibility index (Phi) is 5.33. The topological polar surface area (TPSA) is 134 Å². The van der Waals surface area contributed by atoms with Gasteiger partial charge in [0.1, 0.15) is 18.0 Å². The molecular weight excluding hydrogens is 372 g/mol. The summed E-state index contributed by atoms with van der Waals surface area (Å²) < 4.78 is 11.8. The minimum Gasteiger partial charge on any atom is -0.480 e. The molecule has 0 radical (unpaired) electrons. The zero-order chi connectivity index (χ0) is 19.6. The van der Waals surface area contributed by atoms with E-state index in [-0.39, 0.29) is 19.1 Å². The van der Waals surface area contributed by atoms with Gasteiger partial charge >= 0.3 is 0 Å². The molecule has 0 saturated heterocycles. The van der Waals surface area contributed by atoms with Crippen molar-refractivity contribution in [1.29, 1.82) is 0 Å². The van der Waals surface area contributed by atoms with E-state index in [4.69, 9.17) is 15.2 Å². The van der Waals surface area contributed by atoms with Crippen molar-refractivity contribution in [3.05, 3.63) is 28.7 Å². The predicted molar refractivity (Wildman–Crippen MR) is 98.8 cm³/mol. The molecule has 3 N–H and O–H groups in total. The molecule has 0 unspecified atom stereocenters. The summed E-state index contributed by atoms with van der Waals surface area (Å²) >= 11 is 1.24. The number of amides is 2. The zero-order valence-electron chi connectivity index (χ0n) is 15.0. The Morgan fingerprint density at radius 2 is 2.11 bits per heavy atom. The summed E-state index contributed by atoms with van der Waals surface area (Å²) in [6, 6.07) is 0. The van der Waals surface area contributed by atoms with Crippen LogP contribution in [-0.4, -0.2) is 45.8 Å². The fourth-order valence-corrected chi connectivity index (χ4v) is 3.65. The molecule has 0 spiro atoms. The first-order valence-corrected chi connectivity index (χ1v) is 8.69. The number of thiophene rings is 1. The number of nitrogens with zero attached hydrogens (tertiary/aromatic N) is 4. The van der Waals surface area contributed by atoms with E-state index in [0.717, 1.165) is 5.56 Å². The lowest BCUT2D eigenvalue weighted by Crippen LogP contribution is -2.18. The highest BCUT2D eigenvalue weighted by molar-refractivity contribution is 7.20. The number of rotatable bonds is 7. The molecule has 142 valence electrons. The number of nitrogens with one attached hydrogen (secondary N) is 1. The second-order valence-electron chi connectivity index (χ2n) is 5.67. The molecule has 3 aromatic heterocycles. The normalized spacial score (nSPS) is 10.9. The zero-order valence-corrected chi connectivity index (χ0v) is 15.8. The summed E-state index contributed by atoms with van der Waals surface area (Å²) in [6.45, 7) is 1.99. The number of aryl methyl sites for hydroxylation is 1. The largest absolute Gasteiger partial charge is 0.480 e. The van der Waals surface area contributed by atoms with Crippen molar-refractivity contribution in [3.8, 4) is 5.88 Å². The number of methoxy groups -OCH3 is 2. The van der Waals surface area contributed by atoms with E-state index < -0.39 is 5.91 Å². The quantitative estimate of drug-likeness (QED) is 0.616. The maximum Gasteiger partial charge on any atom is 0.266 e. The van der Waals surface area contributed by atoms with Crippen LogP contribution in [0.5, 0.6) is 5.88 Å². The molecule has 3 rings (SSSR count). The molecule has 0 fully saturated rings. The van der Waals surface area contributed by atoms with Crippen LogP contribution in [0, 0.1) is 6.92 Å². The predicted octanol–water partition coefficient (Wildman–Crippen LogP) is 1.09. The highest BCUT2D eigenvalue weighted by atomic mass is 32.1. The van der Waals surface area contributed by atoms with Gasteiger partial charge in [-0.05, 0) is 12.5 Å². The van der Waals surface area contributed by atoms with E-state index in [1.807, 2.05) is 6.92 Å². The number of hydrogen-bond acceptors (Lipinski definition) is 8. The number of nitrogens with two attached hydrogens (primary N) is 1. The maximum absolute atomic E-state index is 12.7. The van der Waals surface area contributed by atoms with Gasteiger partial charge in [0, 0.05) is 13.3 Å². The van der Waals surface area contributed by atoms with Crippen LogP contribution in [0.2, 0.25) is 0 Å². The minimum absolute atomic E-state index is 0.0626. The minimum atomic E-state index is -0.520. The first-order chi connectivity index (χ1) is 12.9. The van der Waals surface area contributed by atoms with Gasteiger partial charge in [0.05, 0.1) is 29.3 Å². The number of fused-ring (bicyclic) bond motifs is 1. The van der Waals surface area contributed by atoms with E-state index >= 15 is 0 Å². The summed E-state index contributed by atoms with van der Waals surface area (Å²) in [5, 5.41) is 7.42. The van der Waals surface area contributed by atoms with Gasteiger partial charge in [0.25, 0.3) is 5.91 Å². The van der Waals surface area contributed by atoms with E-state index in [1.54, 1.807) is 7.11 Å². The van der Waals surface area contributed by atoms with Gasteiger partial charge in [-0.3, -0.25) is 14.3 Å². The number of carbonyl (C=O) groups is 2. The number of aromatic nitrogens is 4. The maximum atomic E-state index is 12.7. The molecule has 3 heterocycles. The van der Waals surface area contributed by atoms with Crippen molar-refractivity contribution in [2.75, 3.05) is 19.5 Å². The molecule has 0 aromatic carbocycles. The van der Waals surface area contributed by atoms with Crippen LogP contribution in [0.4, 0.5) is 5.69 Å². The number of anilines is 1. The average molecular weight is 390 g/mol. The monoisotopic (exact) mass is 390 g/mol. The summed E-state index contributed by atoms with van der Waals surface area (Å²) in [5.74, 6) is 0.0373. The Morgan fingerprint density at radius 3 is 2.78 bits per heavy atom. The SMILES string of the molecule is COCc1nc(OC)c2c(C)c(C(=O)Nc3cnn(CC(N)=O)c3)sc2n1. The van der Waals surface area contributed by atoms with E-state index in [0.29, 0.717) is 32.5 Å². The van der Waals surface area contributed by atoms with Gasteiger partial charge in [-0.1, -0.05) is 0 Å². The molecule has 2 amide bonds. The first kappa shape index (κ1) is 18.7. The smallest absolute Gasteiger partial charge is 0.266 e. The molecule has 0 aliphatic rings. The standard InChI is InChI=1S/C16H18N6O4S/c1-8-12-15(26-3)20-11(7-25-2)21-16(12)27-13(8)14(24)19-9-4-18-22(5-9)6-10(17)23/h4-5H,6-7H2,1-3H3,(H2,17,23)(H,19,24). The highest BCUT2D eigenvalue weighted by Gasteiger charge is 2.21. The van der Waals surface area contributed by atoms with Crippen LogP contribution >= 0.6 is 11.3 Å². The Labute approximate surface area is 158 Å². The molecule has 0 bridgehead atoms. The Balaban J connectivity index is 1.91. The van der Waals surface area contributed by atoms with E-state index in [9.17, 15) is 9.59 Å². The van der Waals surface area contributed by atoms with Gasteiger partial charge < -0.3 is 20.5 Å². The third kappa shape index (κ3) is 3.88. The van der Waals surface area contributed by atoms with Crippen LogP contribution in [0.25, 0.3) is 10.2 Å². The van der Waals surface area contributed by atoms with E-state index in [2.05, 4.69) is 20.4 Å². The lowest BCUT2D eigenvalue weighted by atomic mass is 10.2. The molecule has 11 heteroatoms. The van der Waals surface area contributed by atoms with Crippen molar-refractivity contribution in [2.24, 2.45) is 5.73 Å². The van der Waals surface area contributed by atoms with Crippen LogP contribution in [0.1, 0.15) is 21.1 Å². The second-order valence-corrected chi connectivity index (χ2v) is 6.66. The average Bonchev–Trinajstić information content (AvgIpc) is 3.18. The molecule has 0 atom stereocenters. The molecule has 0 aliphatic carbocycles. The number of ether oxygens (including phenoxy) is 2. The van der Waals surface area contributed by atoms with Crippen molar-refractivity contribution in [3.63, 3.8) is 0 Å². The lowest BCUT2D eigenvalue weighted by molar-refractivity contribution is -0.118. The van der Waals surface area contributed by atoms with Crippen LogP contribution < -0.4 is 15.8 Å². The van der Waals surface area contributed by atoms with Crippen molar-refractivity contribution < 1.29 is 19.1 Å². The third-order valence-electron chi connectivity index (χ3n) is 3.69. The summed E-state index contributed by atoms with van der Waals surface area (Å²) in [4.78, 5) is 33.5. The molecular formula is C16H18N6O4S. The van der Waals surface area contributed by atoms with Crippen molar-refractivity contribution in [1.82, 2.24) is 19.7 Å². The number of primary amides is 1. The van der Waals surface area contributed by atoms with Crippen molar-refractivity contribution >= 4 is 39.1 Å². The van der Waals surface area contributed by atoms with E-state index in [1.165, 1.54) is 35.5 Å². The molecule has 27 heavy (non-hydrogen) atoms. The highest BCUT2D eigenvalue weighted by Crippen LogP contribution is 2.35. The van der Waals surface area contributed by atoms with Gasteiger partial charge in [0.15, 0.2) is 5.82 Å². The Morgan fingerprint density at radius 1 is 1.33 bits per heavy atom. The fraction of sp³-hybridized carbons (Fsp3) is 0.312. The van der Waals surface area contributed by atoms with Gasteiger partial charge in [-0.15, -0.1) is 11.3 Å². The first-order valence-electron chi connectivity index (χ1n) is 7.88. The third-order valence-corrected chi connectivity index (χ3v) is 4.87. The van der Waals surface area contributed by atoms with Crippen LogP contribution in [-0.2, 0) is 22.7 Å². The van der Waals surface area contributed by atoms with Gasteiger partial charge in [0.2, 0.25) is 11.8 Å². The molecule has 0 aliphatic heterocycles. The molecule has 3 aromatic rings. The van der Waals surface area contributed by atoms with Crippen molar-refractivity contribution in [2.45, 2.75) is 20.1 Å². The lowest BCUT2D eigenvalue weighted by Gasteiger charge is -2.05. The van der Waals surface area contributed by atoms with Gasteiger partial charge in [-0.25, -0.2) is 4.98 Å². The summed E-state index contributed by atoms with van der Waals surface area (Å²) in [5.41, 5.74) is 6.31. The Bertz CT molecular complexity index is 1010. The molecule has 10 nitrogen and oxygen atoms in total. The van der Waals surface area contributed by atoms with Crippen LogP contribution in [0.3, 0.4) is 0 Å². The number of carbonyl (C=O) groups excluding carboxylic acids is 2. The second kappa shape index (κ2) is 7.68. The molecule has 0 saturated carbocycles. The summed E-state index contributed by atoms with van der Waals surface area (Å²) in [6.07, 6.45) is 2.98. The summed E-state index contributed by atoms with van der Waals surface area (Å²) in [7, 11) is 3.07. The van der Waals surface area contributed by atoms with Gasteiger partial charge in [-0.2, -0.15) is 10.1 Å². The fourth-order valence-electron chi connectivity index (χ4n) is 2.56. The Hall–Kier alpha value is -3.05. The number of hydrogen-bond donors (Lipinski definition) is 2. The van der Waals surface area contributed by atoms with Crippen LogP contribution in [0.15, 0.2) is 12.4 Å².